The van der Waals surface area contributed by atoms with Gasteiger partial charge < -0.3 is 20.1 Å². The molecule has 3 rings (SSSR count). The quantitative estimate of drug-likeness (QED) is 0.897. The Balaban J connectivity index is 1.70. The molecule has 1 saturated heterocycles. The number of carbonyl (C=O) groups excluding carboxylic acids is 1. The zero-order valence-electron chi connectivity index (χ0n) is 13.9. The van der Waals surface area contributed by atoms with Gasteiger partial charge >= 0.3 is 6.03 Å². The topological polar surface area (TPSA) is 61.8 Å². The fraction of sp³-hybridized carbons (Fsp3) is 0.611. The first-order valence-electron chi connectivity index (χ1n) is 8.47. The number of ether oxygens (including phenoxy) is 1. The Bertz CT molecular complexity index is 561. The number of nitrogens with one attached hydrogen (secondary N) is 1. The van der Waals surface area contributed by atoms with Crippen LogP contribution in [0.2, 0.25) is 0 Å². The van der Waals surface area contributed by atoms with Crippen LogP contribution in [0.4, 0.5) is 4.79 Å². The van der Waals surface area contributed by atoms with Gasteiger partial charge in [0.25, 0.3) is 0 Å². The third kappa shape index (κ3) is 3.51. The maximum Gasteiger partial charge on any atom is 0.318 e. The number of aliphatic hydroxyl groups excluding tert-OH is 1. The number of fused-ring (bicyclic) bond motifs is 1. The minimum Gasteiger partial charge on any atom is -0.393 e. The summed E-state index contributed by atoms with van der Waals surface area (Å²) in [4.78, 5) is 14.6. The third-order valence-electron chi connectivity index (χ3n) is 4.88. The first-order valence-corrected chi connectivity index (χ1v) is 8.47. The summed E-state index contributed by atoms with van der Waals surface area (Å²) in [5.41, 5.74) is 2.56. The van der Waals surface area contributed by atoms with Crippen molar-refractivity contribution in [1.29, 1.82) is 0 Å². The van der Waals surface area contributed by atoms with E-state index in [4.69, 9.17) is 4.74 Å². The molecule has 0 saturated carbocycles. The smallest absolute Gasteiger partial charge is 0.318 e. The van der Waals surface area contributed by atoms with Crippen molar-refractivity contribution >= 4 is 6.03 Å². The van der Waals surface area contributed by atoms with Gasteiger partial charge in [0.15, 0.2) is 0 Å². The SMILES string of the molecule is CC(O)CC1COCCN1C(=O)NC1c2ccccc2CC1C. The van der Waals surface area contributed by atoms with Crippen LogP contribution >= 0.6 is 0 Å². The van der Waals surface area contributed by atoms with Crippen molar-refractivity contribution in [2.24, 2.45) is 5.92 Å². The molecule has 2 aliphatic rings. The molecule has 1 aliphatic carbocycles. The van der Waals surface area contributed by atoms with Crippen molar-refractivity contribution in [3.8, 4) is 0 Å². The van der Waals surface area contributed by atoms with Crippen molar-refractivity contribution in [2.45, 2.75) is 44.9 Å². The highest BCUT2D eigenvalue weighted by molar-refractivity contribution is 5.75. The van der Waals surface area contributed by atoms with E-state index in [1.165, 1.54) is 11.1 Å². The summed E-state index contributed by atoms with van der Waals surface area (Å²) in [7, 11) is 0. The summed E-state index contributed by atoms with van der Waals surface area (Å²) < 4.78 is 5.48. The van der Waals surface area contributed by atoms with Crippen LogP contribution in [0.1, 0.15) is 37.4 Å². The molecule has 5 heteroatoms. The first-order chi connectivity index (χ1) is 11.1. The highest BCUT2D eigenvalue weighted by Gasteiger charge is 2.34. The van der Waals surface area contributed by atoms with Crippen LogP contribution in [0.5, 0.6) is 0 Å². The molecule has 23 heavy (non-hydrogen) atoms. The lowest BCUT2D eigenvalue weighted by Gasteiger charge is -2.37. The molecule has 1 aromatic carbocycles. The number of aliphatic hydroxyl groups is 1. The number of carbonyl (C=O) groups is 1. The zero-order chi connectivity index (χ0) is 16.4. The van der Waals surface area contributed by atoms with Gasteiger partial charge in [0.05, 0.1) is 31.4 Å². The molecule has 1 aliphatic heterocycles. The number of hydrogen-bond acceptors (Lipinski definition) is 3. The highest BCUT2D eigenvalue weighted by Crippen LogP contribution is 2.35. The van der Waals surface area contributed by atoms with Gasteiger partial charge in [-0.3, -0.25) is 0 Å². The number of morpholine rings is 1. The first kappa shape index (κ1) is 16.3. The predicted octanol–water partition coefficient (Wildman–Crippen LogP) is 2.10. The number of benzene rings is 1. The van der Waals surface area contributed by atoms with Crippen LogP contribution in [0, 0.1) is 5.92 Å². The molecule has 0 bridgehead atoms. The third-order valence-corrected chi connectivity index (χ3v) is 4.88. The van der Waals surface area contributed by atoms with Crippen molar-refractivity contribution in [3.63, 3.8) is 0 Å². The van der Waals surface area contributed by atoms with Gasteiger partial charge in [0, 0.05) is 6.54 Å². The molecule has 1 aromatic rings. The Morgan fingerprint density at radius 2 is 2.26 bits per heavy atom. The Morgan fingerprint density at radius 3 is 3.04 bits per heavy atom. The van der Waals surface area contributed by atoms with Crippen molar-refractivity contribution in [3.05, 3.63) is 35.4 Å². The molecule has 4 unspecified atom stereocenters. The standard InChI is InChI=1S/C18H26N2O3/c1-12-9-14-5-3-4-6-16(14)17(12)19-18(22)20-7-8-23-11-15(20)10-13(2)21/h3-6,12-13,15,17,21H,7-11H2,1-2H3,(H,19,22). The summed E-state index contributed by atoms with van der Waals surface area (Å²) in [5.74, 6) is 0.396. The zero-order valence-corrected chi connectivity index (χ0v) is 13.9. The van der Waals surface area contributed by atoms with E-state index in [-0.39, 0.29) is 18.1 Å². The van der Waals surface area contributed by atoms with Crippen LogP contribution in [-0.4, -0.2) is 47.9 Å². The minimum atomic E-state index is -0.442. The lowest BCUT2D eigenvalue weighted by Crippen LogP contribution is -2.54. The largest absolute Gasteiger partial charge is 0.393 e. The van der Waals surface area contributed by atoms with Gasteiger partial charge in [-0.15, -0.1) is 0 Å². The number of nitrogens with zero attached hydrogens (tertiary/aromatic N) is 1. The van der Waals surface area contributed by atoms with Crippen LogP contribution in [0.3, 0.4) is 0 Å². The van der Waals surface area contributed by atoms with Gasteiger partial charge in [-0.05, 0) is 36.8 Å². The van der Waals surface area contributed by atoms with Gasteiger partial charge in [-0.1, -0.05) is 31.2 Å². The van der Waals surface area contributed by atoms with E-state index >= 15 is 0 Å². The number of hydrogen-bond donors (Lipinski definition) is 2. The lowest BCUT2D eigenvalue weighted by molar-refractivity contribution is -0.00507. The molecule has 2 N–H and O–H groups in total. The molecule has 0 aromatic heterocycles. The van der Waals surface area contributed by atoms with E-state index in [9.17, 15) is 9.90 Å². The van der Waals surface area contributed by atoms with Gasteiger partial charge in [-0.25, -0.2) is 4.79 Å². The van der Waals surface area contributed by atoms with Crippen LogP contribution < -0.4 is 5.32 Å². The second kappa shape index (κ2) is 6.89. The van der Waals surface area contributed by atoms with Crippen molar-refractivity contribution < 1.29 is 14.6 Å². The Kier molecular flexibility index (Phi) is 4.87. The summed E-state index contributed by atoms with van der Waals surface area (Å²) in [6.45, 7) is 5.55. The van der Waals surface area contributed by atoms with E-state index in [2.05, 4.69) is 30.4 Å². The van der Waals surface area contributed by atoms with E-state index < -0.39 is 6.10 Å². The summed E-state index contributed by atoms with van der Waals surface area (Å²) in [5, 5.41) is 12.9. The summed E-state index contributed by atoms with van der Waals surface area (Å²) in [6.07, 6.45) is 1.11. The monoisotopic (exact) mass is 318 g/mol. The molecule has 5 nitrogen and oxygen atoms in total. The van der Waals surface area contributed by atoms with Crippen molar-refractivity contribution in [2.75, 3.05) is 19.8 Å². The highest BCUT2D eigenvalue weighted by atomic mass is 16.5. The number of rotatable bonds is 3. The summed E-state index contributed by atoms with van der Waals surface area (Å²) >= 11 is 0. The Labute approximate surface area is 137 Å². The maximum absolute atomic E-state index is 12.8. The van der Waals surface area contributed by atoms with Crippen LogP contribution in [0.25, 0.3) is 0 Å². The average molecular weight is 318 g/mol. The molecule has 1 fully saturated rings. The normalized spacial score (nSPS) is 28.3. The van der Waals surface area contributed by atoms with Gasteiger partial charge in [0.1, 0.15) is 0 Å². The molecule has 0 radical (unpaired) electrons. The minimum absolute atomic E-state index is 0.0486. The number of amides is 2. The average Bonchev–Trinajstić information content (AvgIpc) is 2.83. The molecule has 1 heterocycles. The fourth-order valence-electron chi connectivity index (χ4n) is 3.74. The van der Waals surface area contributed by atoms with Crippen LogP contribution in [0.15, 0.2) is 24.3 Å². The Morgan fingerprint density at radius 1 is 1.48 bits per heavy atom. The molecule has 126 valence electrons. The van der Waals surface area contributed by atoms with Gasteiger partial charge in [-0.2, -0.15) is 0 Å². The number of urea groups is 1. The molecule has 4 atom stereocenters. The molecular formula is C18H26N2O3. The second-order valence-corrected chi connectivity index (χ2v) is 6.81. The van der Waals surface area contributed by atoms with Gasteiger partial charge in [0.2, 0.25) is 0 Å². The van der Waals surface area contributed by atoms with E-state index in [0.29, 0.717) is 32.1 Å². The second-order valence-electron chi connectivity index (χ2n) is 6.81. The predicted molar refractivity (Wildman–Crippen MR) is 88.2 cm³/mol. The van der Waals surface area contributed by atoms with Crippen LogP contribution in [-0.2, 0) is 11.2 Å². The molecule has 0 spiro atoms. The van der Waals surface area contributed by atoms with E-state index in [1.807, 2.05) is 11.0 Å². The lowest BCUT2D eigenvalue weighted by atomic mass is 10.0. The summed E-state index contributed by atoms with van der Waals surface area (Å²) in [6, 6.07) is 8.29. The Hall–Kier alpha value is -1.59. The van der Waals surface area contributed by atoms with E-state index in [1.54, 1.807) is 6.92 Å². The maximum atomic E-state index is 12.8. The molecule has 2 amide bonds. The fourth-order valence-corrected chi connectivity index (χ4v) is 3.74. The molecular weight excluding hydrogens is 292 g/mol. The van der Waals surface area contributed by atoms with E-state index in [0.717, 1.165) is 6.42 Å². The van der Waals surface area contributed by atoms with Crippen molar-refractivity contribution in [1.82, 2.24) is 10.2 Å².